The molecule has 5 aliphatic heterocycles. The summed E-state index contributed by atoms with van der Waals surface area (Å²) in [6, 6.07) is 106. The summed E-state index contributed by atoms with van der Waals surface area (Å²) in [5.74, 6) is 1.47. The van der Waals surface area contributed by atoms with Crippen LogP contribution in [-0.2, 0) is 16.2 Å². The molecule has 3 aromatic heterocycles. The molecule has 6 aliphatic rings. The Bertz CT molecular complexity index is 5860. The highest BCUT2D eigenvalue weighted by molar-refractivity contribution is 8.00. The van der Waals surface area contributed by atoms with E-state index in [0.717, 1.165) is 96.2 Å². The summed E-state index contributed by atoms with van der Waals surface area (Å²) in [6.45, 7) is 14.1. The summed E-state index contributed by atoms with van der Waals surface area (Å²) >= 11 is 5.47. The van der Waals surface area contributed by atoms with Crippen LogP contribution in [0, 0.1) is 0 Å². The molecule has 1 unspecified atom stereocenters. The molecule has 14 heteroatoms. The van der Waals surface area contributed by atoms with Crippen molar-refractivity contribution in [3.63, 3.8) is 0 Å². The van der Waals surface area contributed by atoms with Gasteiger partial charge in [0.25, 0.3) is 0 Å². The second kappa shape index (κ2) is 26.1. The van der Waals surface area contributed by atoms with Crippen molar-refractivity contribution in [3.05, 3.63) is 378 Å². The lowest BCUT2D eigenvalue weighted by Crippen LogP contribution is -2.31. The zero-order valence-corrected chi connectivity index (χ0v) is 65.8. The summed E-state index contributed by atoms with van der Waals surface area (Å²) in [4.78, 5) is 51.3. The number of anilines is 15. The van der Waals surface area contributed by atoms with E-state index in [9.17, 15) is 0 Å². The first-order chi connectivity index (χ1) is 55.8. The van der Waals surface area contributed by atoms with Gasteiger partial charge in [0.1, 0.15) is 0 Å². The van der Waals surface area contributed by atoms with E-state index in [2.05, 4.69) is 357 Å². The predicted octanol–water partition coefficient (Wildman–Crippen LogP) is 26.9. The number of rotatable bonds is 9. The maximum atomic E-state index is 5.37. The first-order valence-electron chi connectivity index (χ1n) is 38.7. The van der Waals surface area contributed by atoms with Crippen LogP contribution in [0.4, 0.5) is 85.3 Å². The Morgan fingerprint density at radius 3 is 0.860 bits per heavy atom. The van der Waals surface area contributed by atoms with Crippen LogP contribution in [0.1, 0.15) is 97.5 Å². The van der Waals surface area contributed by atoms with E-state index in [1.165, 1.54) is 85.3 Å². The van der Waals surface area contributed by atoms with Gasteiger partial charge in [-0.05, 0) is 196 Å². The van der Waals surface area contributed by atoms with Crippen molar-refractivity contribution in [1.82, 2.24) is 29.9 Å². The maximum Gasteiger partial charge on any atom is 0.159 e. The van der Waals surface area contributed by atoms with Crippen LogP contribution in [0.2, 0.25) is 0 Å². The molecule has 16 aromatic rings. The number of aromatic nitrogens is 6. The Labute approximate surface area is 675 Å². The minimum atomic E-state index is -0.362. The monoisotopic (exact) mass is 1520 g/mol. The topological polar surface area (TPSA) is 93.5 Å². The predicted molar refractivity (Wildman–Crippen MR) is 466 cm³/mol. The van der Waals surface area contributed by atoms with Gasteiger partial charge < -0.3 is 24.5 Å². The van der Waals surface area contributed by atoms with E-state index < -0.39 is 0 Å². The quantitative estimate of drug-likeness (QED) is 0.137. The molecule has 0 saturated heterocycles. The van der Waals surface area contributed by atoms with Crippen LogP contribution in [0.3, 0.4) is 0 Å². The number of nitrogens with zero attached hydrogens (tertiary/aromatic N) is 11. The number of para-hydroxylation sites is 8. The van der Waals surface area contributed by atoms with Gasteiger partial charge in [0, 0.05) is 103 Å². The van der Waals surface area contributed by atoms with E-state index in [0.29, 0.717) is 17.5 Å². The van der Waals surface area contributed by atoms with Crippen molar-refractivity contribution in [2.75, 3.05) is 24.5 Å². The minimum Gasteiger partial charge on any atom is -0.308 e. The van der Waals surface area contributed by atoms with Gasteiger partial charge in [0.05, 0.1) is 93.0 Å². The fourth-order valence-corrected chi connectivity index (χ4v) is 21.6. The summed E-state index contributed by atoms with van der Waals surface area (Å²) in [7, 11) is 0. The summed E-state index contributed by atoms with van der Waals surface area (Å²) in [5.41, 5.74) is 28.4. The number of hydrogen-bond acceptors (Lipinski definition) is 14. The highest BCUT2D eigenvalue weighted by Gasteiger charge is 2.43. The lowest BCUT2D eigenvalue weighted by atomic mass is 9.64. The average Bonchev–Trinajstić information content (AvgIpc) is 0.724. The van der Waals surface area contributed by atoms with E-state index in [-0.39, 0.29) is 22.2 Å². The number of hydrogen-bond donors (Lipinski definition) is 0. The second-order valence-electron chi connectivity index (χ2n) is 31.6. The lowest BCUT2D eigenvalue weighted by Gasteiger charge is -2.42. The van der Waals surface area contributed by atoms with Crippen molar-refractivity contribution < 1.29 is 0 Å². The van der Waals surface area contributed by atoms with Gasteiger partial charge in [-0.15, -0.1) is 0 Å². The molecule has 114 heavy (non-hydrogen) atoms. The van der Waals surface area contributed by atoms with Crippen molar-refractivity contribution >= 4 is 121 Å². The van der Waals surface area contributed by atoms with E-state index in [1.807, 2.05) is 72.5 Å². The molecule has 0 fully saturated rings. The minimum absolute atomic E-state index is 0.142. The average molecular weight is 1520 g/mol. The fraction of sp³-hybridized carbons (Fsp3) is 0.100. The van der Waals surface area contributed by atoms with Crippen molar-refractivity contribution in [1.29, 1.82) is 0 Å². The Morgan fingerprint density at radius 2 is 0.491 bits per heavy atom. The molecule has 11 nitrogen and oxygen atoms in total. The second-order valence-corrected chi connectivity index (χ2v) is 34.8. The van der Waals surface area contributed by atoms with E-state index in [4.69, 9.17) is 29.9 Å². The van der Waals surface area contributed by atoms with Crippen LogP contribution in [0.5, 0.6) is 0 Å². The molecular formula is C100H73N11S3. The first-order valence-corrected chi connectivity index (χ1v) is 41.2. The molecule has 0 saturated carbocycles. The molecule has 0 amide bonds. The highest BCUT2D eigenvalue weighted by Crippen LogP contribution is 2.61. The standard InChI is InChI=1S/C100H73N11S3/c1-98(2)72-26-8-7-25-70(72)94(71-46-43-65(52-75(71)98)107-82-31-13-19-37-88(82)112-89-38-20-14-32-83(89)107)64-55-101-95(102-56-64)61-49-62(96-103-57-68(58-104-96)110-78-29-11-9-27-73(78)99(3,4)76-53-66(44-47-80(76)110)108-84-33-15-21-39-90(84)113-91-40-22-16-34-85(91)108)51-63(50-61)97-105-59-69(60-106-97)111-79-30-12-10-28-74(79)100(5,6)77-54-67(45-48-81(77)111)109-86-35-17-23-41-92(86)114-93-42-24-18-36-87(93)109/h7-60,94H,1-6H3. The van der Waals surface area contributed by atoms with Crippen LogP contribution in [0.15, 0.2) is 358 Å². The van der Waals surface area contributed by atoms with Crippen molar-refractivity contribution in [2.24, 2.45) is 0 Å². The van der Waals surface area contributed by atoms with E-state index in [1.54, 1.807) is 0 Å². The number of fused-ring (bicyclic) bond motifs is 12. The van der Waals surface area contributed by atoms with Crippen molar-refractivity contribution in [2.45, 2.75) is 93.1 Å². The third-order valence-corrected chi connectivity index (χ3v) is 27.4. The molecule has 1 atom stereocenters. The van der Waals surface area contributed by atoms with Gasteiger partial charge in [0.15, 0.2) is 17.5 Å². The fourth-order valence-electron chi connectivity index (χ4n) is 18.5. The summed E-state index contributed by atoms with van der Waals surface area (Å²) in [6.07, 6.45) is 11.9. The Balaban J connectivity index is 0.653. The first kappa shape index (κ1) is 68.0. The summed E-state index contributed by atoms with van der Waals surface area (Å²) in [5, 5.41) is 0. The molecule has 22 rings (SSSR count). The molecule has 8 heterocycles. The van der Waals surface area contributed by atoms with Gasteiger partial charge in [-0.2, -0.15) is 0 Å². The molecule has 0 N–H and O–H groups in total. The lowest BCUT2D eigenvalue weighted by molar-refractivity contribution is 0.597. The molecule has 0 spiro atoms. The number of benzene rings is 13. The SMILES string of the molecule is CC1(C)c2ccccc2C(c2cnc(-c3cc(-c4ncc(N5c6ccccc6C(C)(C)c6cc(N7c8ccccc8Sc8ccccc87)ccc65)cn4)cc(-c4ncc(N5c6ccccc6C(C)(C)c6cc(N7c8ccccc8Sc8ccccc87)ccc65)cn4)c3)nc2)c2ccc(N3c4ccccc4Sc4ccccc43)cc21. The molecule has 0 bridgehead atoms. The third-order valence-electron chi connectivity index (χ3n) is 24.0. The van der Waals surface area contributed by atoms with E-state index >= 15 is 0 Å². The summed E-state index contributed by atoms with van der Waals surface area (Å²) < 4.78 is 0. The van der Waals surface area contributed by atoms with Crippen molar-refractivity contribution in [3.8, 4) is 34.2 Å². The maximum absolute atomic E-state index is 5.37. The van der Waals surface area contributed by atoms with Crippen LogP contribution in [-0.4, -0.2) is 29.9 Å². The molecular weight excluding hydrogens is 1450 g/mol. The normalized spacial score (nSPS) is 15.7. The van der Waals surface area contributed by atoms with Gasteiger partial charge in [-0.3, -0.25) is 0 Å². The molecule has 546 valence electrons. The van der Waals surface area contributed by atoms with Crippen LogP contribution in [0.25, 0.3) is 34.2 Å². The highest BCUT2D eigenvalue weighted by atomic mass is 32.2. The molecule has 13 aromatic carbocycles. The zero-order chi connectivity index (χ0) is 76.3. The van der Waals surface area contributed by atoms with Crippen LogP contribution < -0.4 is 24.5 Å². The smallest absolute Gasteiger partial charge is 0.159 e. The molecule has 1 aliphatic carbocycles. The van der Waals surface area contributed by atoms with Crippen LogP contribution >= 0.6 is 35.3 Å². The Morgan fingerprint density at radius 1 is 0.228 bits per heavy atom. The zero-order valence-electron chi connectivity index (χ0n) is 63.4. The van der Waals surface area contributed by atoms with Gasteiger partial charge in [0.2, 0.25) is 0 Å². The Hall–Kier alpha value is -12.9. The van der Waals surface area contributed by atoms with Gasteiger partial charge in [-0.1, -0.05) is 216 Å². The van der Waals surface area contributed by atoms with Gasteiger partial charge in [-0.25, -0.2) is 29.9 Å². The molecule has 0 radical (unpaired) electrons. The largest absolute Gasteiger partial charge is 0.308 e. The van der Waals surface area contributed by atoms with Gasteiger partial charge >= 0.3 is 0 Å². The third kappa shape index (κ3) is 10.7. The Kier molecular flexibility index (Phi) is 15.6.